The molecule has 12 heavy (non-hydrogen) atoms. The van der Waals surface area contributed by atoms with Gasteiger partial charge in [-0.25, -0.2) is 0 Å². The van der Waals surface area contributed by atoms with Crippen LogP contribution in [0.1, 0.15) is 5.56 Å². The highest BCUT2D eigenvalue weighted by molar-refractivity contribution is 9.08. The molecule has 0 spiro atoms. The fourth-order valence-electron chi connectivity index (χ4n) is 0.805. The quantitative estimate of drug-likeness (QED) is 0.581. The number of alkyl halides is 3. The summed E-state index contributed by atoms with van der Waals surface area (Å²) >= 11 is 3.83. The van der Waals surface area contributed by atoms with Gasteiger partial charge in [-0.2, -0.15) is 8.78 Å². The zero-order chi connectivity index (χ0) is 8.97. The predicted octanol–water partition coefficient (Wildman–Crippen LogP) is 3.90. The largest absolute Gasteiger partial charge is 0.288 e. The van der Waals surface area contributed by atoms with E-state index < -0.39 is 5.76 Å². The van der Waals surface area contributed by atoms with Crippen LogP contribution in [0.5, 0.6) is 0 Å². The molecule has 0 unspecified atom stereocenters. The molecule has 4 heteroatoms. The van der Waals surface area contributed by atoms with Gasteiger partial charge in [-0.1, -0.05) is 39.8 Å². The van der Waals surface area contributed by atoms with E-state index in [-0.39, 0.29) is 0 Å². The smallest absolute Gasteiger partial charge is 0.198 e. The highest BCUT2D eigenvalue weighted by Gasteiger charge is 2.04. The van der Waals surface area contributed by atoms with Gasteiger partial charge in [0.25, 0.3) is 5.76 Å². The molecule has 0 radical (unpaired) electrons. The van der Waals surface area contributed by atoms with Crippen molar-refractivity contribution in [2.45, 2.75) is 16.0 Å². The minimum Gasteiger partial charge on any atom is -0.198 e. The lowest BCUT2D eigenvalue weighted by atomic mass is 10.2. The SMILES string of the molecule is FC(F)Sc1cccc(CBr)c1. The van der Waals surface area contributed by atoms with Crippen molar-refractivity contribution >= 4 is 27.7 Å². The van der Waals surface area contributed by atoms with Crippen molar-refractivity contribution in [3.8, 4) is 0 Å². The third kappa shape index (κ3) is 3.11. The van der Waals surface area contributed by atoms with Crippen LogP contribution in [0.3, 0.4) is 0 Å². The number of halogens is 3. The molecular formula is C8H7BrF2S. The van der Waals surface area contributed by atoms with Crippen molar-refractivity contribution in [3.05, 3.63) is 29.8 Å². The van der Waals surface area contributed by atoms with Gasteiger partial charge in [0.1, 0.15) is 0 Å². The van der Waals surface area contributed by atoms with Crippen molar-refractivity contribution in [2.75, 3.05) is 0 Å². The molecule has 0 aliphatic heterocycles. The molecule has 1 aromatic carbocycles. The lowest BCUT2D eigenvalue weighted by molar-refractivity contribution is 0.252. The summed E-state index contributed by atoms with van der Waals surface area (Å²) in [6.45, 7) is 0. The molecule has 1 rings (SSSR count). The van der Waals surface area contributed by atoms with Crippen LogP contribution in [0.15, 0.2) is 29.2 Å². The fourth-order valence-corrected chi connectivity index (χ4v) is 1.74. The minimum absolute atomic E-state index is 0.574. The first kappa shape index (κ1) is 9.99. The Morgan fingerprint density at radius 3 is 2.75 bits per heavy atom. The van der Waals surface area contributed by atoms with Gasteiger partial charge >= 0.3 is 0 Å². The Morgan fingerprint density at radius 2 is 2.17 bits per heavy atom. The first-order chi connectivity index (χ1) is 5.72. The van der Waals surface area contributed by atoms with E-state index in [2.05, 4.69) is 15.9 Å². The molecule has 66 valence electrons. The Labute approximate surface area is 82.5 Å². The van der Waals surface area contributed by atoms with E-state index in [9.17, 15) is 8.78 Å². The summed E-state index contributed by atoms with van der Waals surface area (Å²) in [5, 5.41) is 0.699. The van der Waals surface area contributed by atoms with E-state index >= 15 is 0 Å². The molecule has 0 aliphatic carbocycles. The van der Waals surface area contributed by atoms with E-state index in [0.717, 1.165) is 5.56 Å². The van der Waals surface area contributed by atoms with Gasteiger partial charge < -0.3 is 0 Å². The monoisotopic (exact) mass is 252 g/mol. The molecular weight excluding hydrogens is 246 g/mol. The van der Waals surface area contributed by atoms with Crippen LogP contribution in [0.4, 0.5) is 8.78 Å². The standard InChI is InChI=1S/C8H7BrF2S/c9-5-6-2-1-3-7(4-6)12-8(10)11/h1-4,8H,5H2. The van der Waals surface area contributed by atoms with E-state index in [1.54, 1.807) is 18.2 Å². The normalized spacial score (nSPS) is 10.7. The van der Waals surface area contributed by atoms with Crippen LogP contribution in [0.25, 0.3) is 0 Å². The molecule has 0 N–H and O–H groups in total. The van der Waals surface area contributed by atoms with Gasteiger partial charge in [0.15, 0.2) is 0 Å². The molecule has 0 amide bonds. The van der Waals surface area contributed by atoms with Crippen molar-refractivity contribution in [2.24, 2.45) is 0 Å². The van der Waals surface area contributed by atoms with Gasteiger partial charge in [0.2, 0.25) is 0 Å². The summed E-state index contributed by atoms with van der Waals surface area (Å²) in [7, 11) is 0. The van der Waals surface area contributed by atoms with Crippen LogP contribution in [-0.2, 0) is 5.33 Å². The first-order valence-corrected chi connectivity index (χ1v) is 5.32. The molecule has 0 nitrogen and oxygen atoms in total. The number of thioether (sulfide) groups is 1. The Morgan fingerprint density at radius 1 is 1.42 bits per heavy atom. The zero-order valence-corrected chi connectivity index (χ0v) is 8.54. The second-order valence-electron chi connectivity index (χ2n) is 2.16. The van der Waals surface area contributed by atoms with E-state index in [1.165, 1.54) is 0 Å². The maximum atomic E-state index is 11.9. The van der Waals surface area contributed by atoms with E-state index in [1.807, 2.05) is 6.07 Å². The zero-order valence-electron chi connectivity index (χ0n) is 6.14. The number of hydrogen-bond donors (Lipinski definition) is 0. The topological polar surface area (TPSA) is 0 Å². The van der Waals surface area contributed by atoms with Gasteiger partial charge in [0, 0.05) is 10.2 Å². The summed E-state index contributed by atoms with van der Waals surface area (Å²) < 4.78 is 23.8. The molecule has 0 bridgehead atoms. The van der Waals surface area contributed by atoms with Crippen molar-refractivity contribution in [3.63, 3.8) is 0 Å². The van der Waals surface area contributed by atoms with Crippen molar-refractivity contribution < 1.29 is 8.78 Å². The lowest BCUT2D eigenvalue weighted by Gasteiger charge is -2.01. The van der Waals surface area contributed by atoms with Crippen molar-refractivity contribution in [1.29, 1.82) is 0 Å². The Hall–Kier alpha value is -0.0900. The second kappa shape index (κ2) is 4.82. The highest BCUT2D eigenvalue weighted by Crippen LogP contribution is 2.26. The average Bonchev–Trinajstić information content (AvgIpc) is 2.03. The average molecular weight is 253 g/mol. The van der Waals surface area contributed by atoms with Gasteiger partial charge in [-0.3, -0.25) is 0 Å². The van der Waals surface area contributed by atoms with E-state index in [0.29, 0.717) is 22.0 Å². The summed E-state index contributed by atoms with van der Waals surface area (Å²) in [5.74, 6) is -2.34. The van der Waals surface area contributed by atoms with Crippen LogP contribution >= 0.6 is 27.7 Å². The Kier molecular flexibility index (Phi) is 4.01. The molecule has 0 atom stereocenters. The minimum atomic E-state index is -2.34. The summed E-state index contributed by atoms with van der Waals surface area (Å²) in [4.78, 5) is 0.613. The van der Waals surface area contributed by atoms with Crippen LogP contribution in [0, 0.1) is 0 Å². The molecule has 0 fully saturated rings. The molecule has 0 aromatic heterocycles. The van der Waals surface area contributed by atoms with Crippen LogP contribution in [-0.4, -0.2) is 5.76 Å². The van der Waals surface area contributed by atoms with E-state index in [4.69, 9.17) is 0 Å². The molecule has 0 saturated carbocycles. The summed E-state index contributed by atoms with van der Waals surface area (Å²) in [6.07, 6.45) is 0. The molecule has 0 heterocycles. The molecule has 1 aromatic rings. The maximum Gasteiger partial charge on any atom is 0.288 e. The molecule has 0 aliphatic rings. The third-order valence-corrected chi connectivity index (χ3v) is 2.63. The summed E-state index contributed by atoms with van der Waals surface area (Å²) in [5.41, 5.74) is 1.01. The maximum absolute atomic E-state index is 11.9. The van der Waals surface area contributed by atoms with Gasteiger partial charge in [-0.15, -0.1) is 0 Å². The lowest BCUT2D eigenvalue weighted by Crippen LogP contribution is -1.83. The number of rotatable bonds is 3. The van der Waals surface area contributed by atoms with Gasteiger partial charge in [-0.05, 0) is 17.7 Å². The Bertz CT molecular complexity index is 253. The highest BCUT2D eigenvalue weighted by atomic mass is 79.9. The van der Waals surface area contributed by atoms with Crippen molar-refractivity contribution in [1.82, 2.24) is 0 Å². The van der Waals surface area contributed by atoms with Gasteiger partial charge in [0.05, 0.1) is 0 Å². The third-order valence-electron chi connectivity index (χ3n) is 1.28. The van der Waals surface area contributed by atoms with Crippen LogP contribution in [0.2, 0.25) is 0 Å². The number of hydrogen-bond acceptors (Lipinski definition) is 1. The number of benzene rings is 1. The second-order valence-corrected chi connectivity index (χ2v) is 3.78. The van der Waals surface area contributed by atoms with Crippen LogP contribution < -0.4 is 0 Å². The first-order valence-electron chi connectivity index (χ1n) is 3.32. The fraction of sp³-hybridized carbons (Fsp3) is 0.250. The Balaban J connectivity index is 2.72. The molecule has 0 saturated heterocycles. The predicted molar refractivity (Wildman–Crippen MR) is 50.9 cm³/mol. The summed E-state index contributed by atoms with van der Waals surface area (Å²) in [6, 6.07) is 7.11.